The molecule has 20 heavy (non-hydrogen) atoms. The predicted octanol–water partition coefficient (Wildman–Crippen LogP) is 1.34. The quantitative estimate of drug-likeness (QED) is 0.299. The molecule has 0 rings (SSSR count). The molecule has 0 atom stereocenters. The summed E-state index contributed by atoms with van der Waals surface area (Å²) in [4.78, 5) is 11.1. The van der Waals surface area contributed by atoms with Crippen molar-refractivity contribution in [3.8, 4) is 0 Å². The molecule has 0 spiro atoms. The van der Waals surface area contributed by atoms with Crippen molar-refractivity contribution in [2.75, 3.05) is 13.2 Å². The minimum absolute atomic E-state index is 0. The molecule has 0 aromatic carbocycles. The van der Waals surface area contributed by atoms with Crippen molar-refractivity contribution < 1.29 is 45.6 Å². The fraction of sp³-hybridized carbons (Fsp3) is 0.938. The van der Waals surface area contributed by atoms with Gasteiger partial charge in [0.05, 0.1) is 6.61 Å². The molecule has 0 saturated carbocycles. The normalized spacial score (nSPS) is 10.1. The third-order valence-corrected chi connectivity index (χ3v) is 3.34. The Kier molecular flexibility index (Phi) is 22.1. The predicted molar refractivity (Wildman–Crippen MR) is 80.2 cm³/mol. The summed E-state index contributed by atoms with van der Waals surface area (Å²) in [6, 6.07) is 0. The van der Waals surface area contributed by atoms with Crippen molar-refractivity contribution in [2.45, 2.75) is 84.0 Å². The van der Waals surface area contributed by atoms with Crippen molar-refractivity contribution in [3.05, 3.63) is 0 Å². The van der Waals surface area contributed by atoms with Gasteiger partial charge in [-0.3, -0.25) is 4.79 Å². The van der Waals surface area contributed by atoms with Crippen LogP contribution in [-0.4, -0.2) is 24.3 Å². The smallest absolute Gasteiger partial charge is 1.00 e. The summed E-state index contributed by atoms with van der Waals surface area (Å²) in [5.41, 5.74) is 0. The van der Waals surface area contributed by atoms with Gasteiger partial charge in [-0.1, -0.05) is 71.1 Å². The third kappa shape index (κ3) is 18.4. The van der Waals surface area contributed by atoms with Crippen LogP contribution >= 0.6 is 0 Å². The van der Waals surface area contributed by atoms with Crippen molar-refractivity contribution in [1.82, 2.24) is 0 Å². The Balaban J connectivity index is -0.00000162. The summed E-state index contributed by atoms with van der Waals surface area (Å²) < 4.78 is 4.79. The first-order chi connectivity index (χ1) is 9.31. The van der Waals surface area contributed by atoms with Crippen LogP contribution in [0, 0.1) is 0 Å². The molecule has 0 aromatic heterocycles. The monoisotopic (exact) mass is 296 g/mol. The summed E-state index contributed by atoms with van der Waals surface area (Å²) in [7, 11) is 0. The Morgan fingerprint density at radius 2 is 1.35 bits per heavy atom. The van der Waals surface area contributed by atoms with E-state index in [1.165, 1.54) is 57.8 Å². The second-order valence-electron chi connectivity index (χ2n) is 5.23. The summed E-state index contributed by atoms with van der Waals surface area (Å²) in [5, 5.41) is 8.50. The van der Waals surface area contributed by atoms with Gasteiger partial charge in [0.25, 0.3) is 0 Å². The van der Waals surface area contributed by atoms with Gasteiger partial charge in [0.2, 0.25) is 0 Å². The van der Waals surface area contributed by atoms with E-state index in [1.54, 1.807) is 0 Å². The summed E-state index contributed by atoms with van der Waals surface area (Å²) >= 11 is 0. The van der Waals surface area contributed by atoms with Crippen molar-refractivity contribution in [1.29, 1.82) is 0 Å². The fourth-order valence-electron chi connectivity index (χ4n) is 2.17. The molecule has 3 nitrogen and oxygen atoms in total. The summed E-state index contributed by atoms with van der Waals surface area (Å²) in [6.45, 7) is 2.31. The van der Waals surface area contributed by atoms with Crippen LogP contribution in [0.1, 0.15) is 85.4 Å². The molecule has 0 amide bonds. The number of carbonyl (C=O) groups excluding carboxylic acids is 1. The largest absolute Gasteiger partial charge is 1.00 e. The Bertz CT molecular complexity index is 204. The molecule has 0 heterocycles. The summed E-state index contributed by atoms with van der Waals surface area (Å²) in [5.74, 6) is -0.176. The molecule has 0 fully saturated rings. The SMILES string of the molecule is CCCCCCCCCCCCCC(=O)OCCO.[H-].[Na+]. The Morgan fingerprint density at radius 1 is 0.900 bits per heavy atom. The molecule has 0 radical (unpaired) electrons. The maximum absolute atomic E-state index is 11.1. The zero-order valence-electron chi connectivity index (χ0n) is 14.7. The molecule has 116 valence electrons. The molecule has 0 unspecified atom stereocenters. The molecule has 0 saturated heterocycles. The van der Waals surface area contributed by atoms with Crippen LogP contribution in [0.5, 0.6) is 0 Å². The van der Waals surface area contributed by atoms with Gasteiger partial charge in [0.1, 0.15) is 6.61 Å². The Hall–Kier alpha value is 0.430. The molecule has 0 aromatic rings. The van der Waals surface area contributed by atoms with Gasteiger partial charge < -0.3 is 11.3 Å². The number of esters is 1. The number of aliphatic hydroxyl groups is 1. The van der Waals surface area contributed by atoms with Gasteiger partial charge in [-0.15, -0.1) is 0 Å². The van der Waals surface area contributed by atoms with E-state index < -0.39 is 0 Å². The van der Waals surface area contributed by atoms with E-state index in [4.69, 9.17) is 9.84 Å². The first kappa shape index (κ1) is 22.7. The number of hydrogen-bond donors (Lipinski definition) is 1. The van der Waals surface area contributed by atoms with Crippen LogP contribution in [0.15, 0.2) is 0 Å². The molecule has 0 aliphatic heterocycles. The molecule has 0 bridgehead atoms. The second-order valence-corrected chi connectivity index (χ2v) is 5.23. The van der Waals surface area contributed by atoms with E-state index in [2.05, 4.69) is 6.92 Å². The maximum atomic E-state index is 11.1. The van der Waals surface area contributed by atoms with E-state index in [-0.39, 0.29) is 50.2 Å². The third-order valence-electron chi connectivity index (χ3n) is 3.34. The van der Waals surface area contributed by atoms with Crippen LogP contribution < -0.4 is 29.6 Å². The average Bonchev–Trinajstić information content (AvgIpc) is 2.42. The van der Waals surface area contributed by atoms with Gasteiger partial charge in [-0.2, -0.15) is 0 Å². The first-order valence-electron chi connectivity index (χ1n) is 8.07. The zero-order chi connectivity index (χ0) is 14.2. The van der Waals surface area contributed by atoms with Crippen LogP contribution in [0.2, 0.25) is 0 Å². The molecular formula is C16H33NaO3. The molecule has 0 aliphatic rings. The molecule has 4 heteroatoms. The average molecular weight is 296 g/mol. The zero-order valence-corrected chi connectivity index (χ0v) is 15.7. The Labute approximate surface area is 148 Å². The molecule has 1 N–H and O–H groups in total. The van der Waals surface area contributed by atoms with E-state index in [0.717, 1.165) is 12.8 Å². The first-order valence-corrected chi connectivity index (χ1v) is 8.07. The minimum atomic E-state index is -0.176. The van der Waals surface area contributed by atoms with Crippen molar-refractivity contribution in [3.63, 3.8) is 0 Å². The maximum Gasteiger partial charge on any atom is 1.00 e. The van der Waals surface area contributed by atoms with E-state index in [0.29, 0.717) is 6.42 Å². The van der Waals surface area contributed by atoms with Gasteiger partial charge in [-0.25, -0.2) is 0 Å². The van der Waals surface area contributed by atoms with Gasteiger partial charge >= 0.3 is 35.5 Å². The number of hydrogen-bond acceptors (Lipinski definition) is 3. The number of unbranched alkanes of at least 4 members (excludes halogenated alkanes) is 10. The summed E-state index contributed by atoms with van der Waals surface area (Å²) in [6.07, 6.45) is 14.6. The van der Waals surface area contributed by atoms with E-state index in [9.17, 15) is 4.79 Å². The van der Waals surface area contributed by atoms with Crippen molar-refractivity contribution >= 4 is 5.97 Å². The fourth-order valence-corrected chi connectivity index (χ4v) is 2.17. The van der Waals surface area contributed by atoms with Gasteiger partial charge in [0, 0.05) is 6.42 Å². The molecule has 0 aliphatic carbocycles. The van der Waals surface area contributed by atoms with Crippen LogP contribution in [0.3, 0.4) is 0 Å². The topological polar surface area (TPSA) is 46.5 Å². The standard InChI is InChI=1S/C16H32O3.Na.H/c1-2-3-4-5-6-7-8-9-10-11-12-13-16(18)19-15-14-17;;/h17H,2-15H2,1H3;;/q;+1;-1. The minimum Gasteiger partial charge on any atom is -1.00 e. The number of rotatable bonds is 14. The van der Waals surface area contributed by atoms with Crippen molar-refractivity contribution in [2.24, 2.45) is 0 Å². The Morgan fingerprint density at radius 3 is 1.80 bits per heavy atom. The van der Waals surface area contributed by atoms with Crippen LogP contribution in [0.25, 0.3) is 0 Å². The number of carbonyl (C=O) groups is 1. The van der Waals surface area contributed by atoms with E-state index in [1.807, 2.05) is 0 Å². The van der Waals surface area contributed by atoms with Crippen LogP contribution in [0.4, 0.5) is 0 Å². The van der Waals surface area contributed by atoms with Crippen LogP contribution in [-0.2, 0) is 9.53 Å². The van der Waals surface area contributed by atoms with Gasteiger partial charge in [-0.05, 0) is 6.42 Å². The number of ether oxygens (including phenoxy) is 1. The number of aliphatic hydroxyl groups excluding tert-OH is 1. The molecular weight excluding hydrogens is 263 g/mol. The van der Waals surface area contributed by atoms with E-state index >= 15 is 0 Å². The van der Waals surface area contributed by atoms with Gasteiger partial charge in [0.15, 0.2) is 0 Å². The second kappa shape index (κ2) is 19.4.